The van der Waals surface area contributed by atoms with Crippen molar-refractivity contribution in [2.75, 3.05) is 26.0 Å². The van der Waals surface area contributed by atoms with Crippen LogP contribution in [0.1, 0.15) is 50.0 Å². The van der Waals surface area contributed by atoms with Gasteiger partial charge in [0.1, 0.15) is 11.6 Å². The third-order valence-corrected chi connectivity index (χ3v) is 4.91. The Bertz CT molecular complexity index is 455. The van der Waals surface area contributed by atoms with Crippen LogP contribution in [0, 0.1) is 0 Å². The predicted octanol–water partition coefficient (Wildman–Crippen LogP) is 2.40. The maximum atomic E-state index is 5.25. The summed E-state index contributed by atoms with van der Waals surface area (Å²) in [5.41, 5.74) is 0.977. The van der Waals surface area contributed by atoms with Gasteiger partial charge >= 0.3 is 0 Å². The molecular formula is C16H26N4O. The molecule has 0 spiro atoms. The molecule has 2 bridgehead atoms. The topological polar surface area (TPSA) is 50.3 Å². The molecule has 0 saturated carbocycles. The van der Waals surface area contributed by atoms with E-state index in [2.05, 4.69) is 24.2 Å². The monoisotopic (exact) mass is 290 g/mol. The van der Waals surface area contributed by atoms with Gasteiger partial charge in [0.05, 0.1) is 12.3 Å². The SMILES string of the molecule is CCNc1cc(COC)nc(C2CC3CCC(C2)N3C)n1. The van der Waals surface area contributed by atoms with E-state index < -0.39 is 0 Å². The number of ether oxygens (including phenoxy) is 1. The Labute approximate surface area is 127 Å². The lowest BCUT2D eigenvalue weighted by molar-refractivity contribution is 0.157. The van der Waals surface area contributed by atoms with Gasteiger partial charge in [-0.2, -0.15) is 0 Å². The first-order valence-electron chi connectivity index (χ1n) is 8.03. The first-order valence-corrected chi connectivity index (χ1v) is 8.03. The molecule has 1 aromatic heterocycles. The largest absolute Gasteiger partial charge is 0.378 e. The van der Waals surface area contributed by atoms with E-state index in [9.17, 15) is 0 Å². The number of anilines is 1. The molecule has 21 heavy (non-hydrogen) atoms. The molecular weight excluding hydrogens is 264 g/mol. The van der Waals surface area contributed by atoms with E-state index in [1.54, 1.807) is 7.11 Å². The molecule has 2 aliphatic rings. The summed E-state index contributed by atoms with van der Waals surface area (Å²) in [4.78, 5) is 12.1. The lowest BCUT2D eigenvalue weighted by Gasteiger charge is -2.35. The molecule has 2 saturated heterocycles. The Morgan fingerprint density at radius 3 is 2.62 bits per heavy atom. The van der Waals surface area contributed by atoms with Gasteiger partial charge in [0.2, 0.25) is 0 Å². The second kappa shape index (κ2) is 6.28. The summed E-state index contributed by atoms with van der Waals surface area (Å²) in [6.45, 7) is 3.52. The van der Waals surface area contributed by atoms with Gasteiger partial charge in [-0.1, -0.05) is 0 Å². The van der Waals surface area contributed by atoms with Crippen LogP contribution >= 0.6 is 0 Å². The van der Waals surface area contributed by atoms with E-state index in [0.29, 0.717) is 24.6 Å². The van der Waals surface area contributed by atoms with E-state index >= 15 is 0 Å². The Balaban J connectivity index is 1.83. The van der Waals surface area contributed by atoms with Gasteiger partial charge in [0.15, 0.2) is 0 Å². The first kappa shape index (κ1) is 14.7. The van der Waals surface area contributed by atoms with Crippen LogP contribution in [0.5, 0.6) is 0 Å². The summed E-state index contributed by atoms with van der Waals surface area (Å²) in [5.74, 6) is 2.43. The molecule has 3 heterocycles. The van der Waals surface area contributed by atoms with Crippen molar-refractivity contribution in [3.63, 3.8) is 0 Å². The highest BCUT2D eigenvalue weighted by Gasteiger charge is 2.39. The molecule has 2 atom stereocenters. The summed E-state index contributed by atoms with van der Waals surface area (Å²) < 4.78 is 5.25. The van der Waals surface area contributed by atoms with E-state index in [1.807, 2.05) is 6.07 Å². The lowest BCUT2D eigenvalue weighted by atomic mass is 9.90. The second-order valence-corrected chi connectivity index (χ2v) is 6.28. The molecule has 2 unspecified atom stereocenters. The highest BCUT2D eigenvalue weighted by Crippen LogP contribution is 2.41. The van der Waals surface area contributed by atoms with Crippen LogP contribution in [-0.4, -0.2) is 47.7 Å². The van der Waals surface area contributed by atoms with Crippen molar-refractivity contribution in [2.45, 2.75) is 57.2 Å². The van der Waals surface area contributed by atoms with Crippen LogP contribution in [0.2, 0.25) is 0 Å². The highest BCUT2D eigenvalue weighted by atomic mass is 16.5. The molecule has 0 amide bonds. The number of aromatic nitrogens is 2. The van der Waals surface area contributed by atoms with Crippen LogP contribution < -0.4 is 5.32 Å². The van der Waals surface area contributed by atoms with Crippen molar-refractivity contribution in [1.29, 1.82) is 0 Å². The van der Waals surface area contributed by atoms with Crippen LogP contribution in [0.3, 0.4) is 0 Å². The molecule has 0 aromatic carbocycles. The van der Waals surface area contributed by atoms with Gasteiger partial charge in [0.25, 0.3) is 0 Å². The quantitative estimate of drug-likeness (QED) is 0.902. The number of hydrogen-bond donors (Lipinski definition) is 1. The molecule has 5 heteroatoms. The third kappa shape index (κ3) is 3.04. The highest BCUT2D eigenvalue weighted by molar-refractivity contribution is 5.36. The van der Waals surface area contributed by atoms with Crippen LogP contribution in [0.4, 0.5) is 5.82 Å². The number of nitrogens with one attached hydrogen (secondary N) is 1. The Morgan fingerprint density at radius 2 is 2.00 bits per heavy atom. The molecule has 1 aromatic rings. The van der Waals surface area contributed by atoms with E-state index in [0.717, 1.165) is 23.9 Å². The molecule has 1 N–H and O–H groups in total. The average Bonchev–Trinajstić information content (AvgIpc) is 2.70. The standard InChI is InChI=1S/C16H26N4O/c1-4-17-15-9-12(10-21-3)18-16(19-15)11-7-13-5-6-14(8-11)20(13)2/h9,11,13-14H,4-8,10H2,1-3H3,(H,17,18,19). The summed E-state index contributed by atoms with van der Waals surface area (Å²) in [5, 5.41) is 3.32. The summed E-state index contributed by atoms with van der Waals surface area (Å²) >= 11 is 0. The van der Waals surface area contributed by atoms with E-state index in [1.165, 1.54) is 25.7 Å². The molecule has 2 fully saturated rings. The molecule has 5 nitrogen and oxygen atoms in total. The third-order valence-electron chi connectivity index (χ3n) is 4.91. The fraction of sp³-hybridized carbons (Fsp3) is 0.750. The maximum Gasteiger partial charge on any atom is 0.134 e. The maximum absolute atomic E-state index is 5.25. The zero-order valence-electron chi connectivity index (χ0n) is 13.3. The average molecular weight is 290 g/mol. The number of fused-ring (bicyclic) bond motifs is 2. The van der Waals surface area contributed by atoms with Crippen LogP contribution in [0.25, 0.3) is 0 Å². The van der Waals surface area contributed by atoms with Gasteiger partial charge in [-0.15, -0.1) is 0 Å². The summed E-state index contributed by atoms with van der Waals surface area (Å²) in [6.07, 6.45) is 5.04. The minimum atomic E-state index is 0.493. The number of methoxy groups -OCH3 is 1. The molecule has 116 valence electrons. The number of hydrogen-bond acceptors (Lipinski definition) is 5. The van der Waals surface area contributed by atoms with Crippen molar-refractivity contribution in [1.82, 2.24) is 14.9 Å². The van der Waals surface area contributed by atoms with Gasteiger partial charge in [-0.05, 0) is 39.7 Å². The van der Waals surface area contributed by atoms with E-state index in [4.69, 9.17) is 14.7 Å². The van der Waals surface area contributed by atoms with Crippen molar-refractivity contribution < 1.29 is 4.74 Å². The summed E-state index contributed by atoms with van der Waals surface area (Å²) in [7, 11) is 3.98. The predicted molar refractivity (Wildman–Crippen MR) is 83.5 cm³/mol. The van der Waals surface area contributed by atoms with Crippen LogP contribution in [0.15, 0.2) is 6.07 Å². The summed E-state index contributed by atoms with van der Waals surface area (Å²) in [6, 6.07) is 3.43. The van der Waals surface area contributed by atoms with E-state index in [-0.39, 0.29) is 0 Å². The zero-order valence-corrected chi connectivity index (χ0v) is 13.3. The van der Waals surface area contributed by atoms with Crippen molar-refractivity contribution in [3.8, 4) is 0 Å². The van der Waals surface area contributed by atoms with Gasteiger partial charge in [-0.3, -0.25) is 0 Å². The van der Waals surface area contributed by atoms with Gasteiger partial charge in [0, 0.05) is 37.7 Å². The smallest absolute Gasteiger partial charge is 0.134 e. The Kier molecular flexibility index (Phi) is 4.40. The minimum absolute atomic E-state index is 0.493. The van der Waals surface area contributed by atoms with Crippen molar-refractivity contribution >= 4 is 5.82 Å². The fourth-order valence-corrected chi connectivity index (χ4v) is 3.82. The molecule has 0 aliphatic carbocycles. The van der Waals surface area contributed by atoms with Gasteiger partial charge < -0.3 is 15.0 Å². The Hall–Kier alpha value is -1.20. The number of piperidine rings is 1. The molecule has 0 radical (unpaired) electrons. The van der Waals surface area contributed by atoms with Gasteiger partial charge in [-0.25, -0.2) is 9.97 Å². The minimum Gasteiger partial charge on any atom is -0.378 e. The lowest BCUT2D eigenvalue weighted by Crippen LogP contribution is -2.39. The normalized spacial score (nSPS) is 28.8. The van der Waals surface area contributed by atoms with Crippen molar-refractivity contribution in [2.24, 2.45) is 0 Å². The van der Waals surface area contributed by atoms with Crippen LogP contribution in [-0.2, 0) is 11.3 Å². The second-order valence-electron chi connectivity index (χ2n) is 6.28. The zero-order chi connectivity index (χ0) is 14.8. The number of rotatable bonds is 5. The molecule has 3 rings (SSSR count). The fourth-order valence-electron chi connectivity index (χ4n) is 3.82. The first-order chi connectivity index (χ1) is 10.2. The number of nitrogens with zero attached hydrogens (tertiary/aromatic N) is 3. The molecule has 2 aliphatic heterocycles. The Morgan fingerprint density at radius 1 is 1.29 bits per heavy atom. The van der Waals surface area contributed by atoms with Crippen molar-refractivity contribution in [3.05, 3.63) is 17.6 Å².